The second-order valence-corrected chi connectivity index (χ2v) is 3.16. The van der Waals surface area contributed by atoms with Gasteiger partial charge in [0.25, 0.3) is 5.91 Å². The first-order valence-electron chi connectivity index (χ1n) is 5.08. The van der Waals surface area contributed by atoms with Gasteiger partial charge in [0.05, 0.1) is 0 Å². The number of hydrogen-bond acceptors (Lipinski definition) is 3. The monoisotopic (exact) mass is 211 g/mol. The molecule has 0 aromatic carbocycles. The molecule has 0 saturated carbocycles. The third-order valence-electron chi connectivity index (χ3n) is 2.01. The molecule has 0 aliphatic heterocycles. The quantitative estimate of drug-likeness (QED) is 0.704. The van der Waals surface area contributed by atoms with Crippen molar-refractivity contribution in [3.63, 3.8) is 0 Å². The van der Waals surface area contributed by atoms with E-state index < -0.39 is 0 Å². The van der Waals surface area contributed by atoms with Crippen LogP contribution in [0, 0.1) is 0 Å². The van der Waals surface area contributed by atoms with E-state index >= 15 is 0 Å². The van der Waals surface area contributed by atoms with Crippen LogP contribution in [0.15, 0.2) is 12.3 Å². The third kappa shape index (κ3) is 3.71. The van der Waals surface area contributed by atoms with E-state index in [0.717, 1.165) is 13.0 Å². The molecule has 0 radical (unpaired) electrons. The van der Waals surface area contributed by atoms with Crippen LogP contribution in [-0.2, 0) is 11.3 Å². The molecule has 0 aliphatic carbocycles. The van der Waals surface area contributed by atoms with Crippen LogP contribution in [0.2, 0.25) is 0 Å². The van der Waals surface area contributed by atoms with Crippen LogP contribution in [0.4, 0.5) is 0 Å². The molecule has 1 aromatic heterocycles. The molecule has 0 spiro atoms. The Kier molecular flexibility index (Phi) is 4.83. The molecule has 1 heterocycles. The summed E-state index contributed by atoms with van der Waals surface area (Å²) in [7, 11) is 1.64. The largest absolute Gasteiger partial charge is 0.385 e. The zero-order chi connectivity index (χ0) is 11.1. The van der Waals surface area contributed by atoms with Crippen molar-refractivity contribution in [2.45, 2.75) is 19.9 Å². The maximum absolute atomic E-state index is 11.5. The molecule has 0 atom stereocenters. The zero-order valence-electron chi connectivity index (χ0n) is 9.19. The van der Waals surface area contributed by atoms with Crippen molar-refractivity contribution in [3.05, 3.63) is 18.0 Å². The fraction of sp³-hybridized carbons (Fsp3) is 0.600. The number of carbonyl (C=O) groups is 1. The van der Waals surface area contributed by atoms with Gasteiger partial charge in [0, 0.05) is 33.0 Å². The normalized spacial score (nSPS) is 10.3. The van der Waals surface area contributed by atoms with Crippen molar-refractivity contribution in [2.75, 3.05) is 20.3 Å². The Morgan fingerprint density at radius 2 is 2.47 bits per heavy atom. The molecular weight excluding hydrogens is 194 g/mol. The van der Waals surface area contributed by atoms with Crippen LogP contribution in [-0.4, -0.2) is 35.9 Å². The number of rotatable bonds is 6. The van der Waals surface area contributed by atoms with E-state index in [4.69, 9.17) is 4.74 Å². The number of aryl methyl sites for hydroxylation is 1. The summed E-state index contributed by atoms with van der Waals surface area (Å²) in [5, 5.41) is 6.88. The topological polar surface area (TPSA) is 56.2 Å². The highest BCUT2D eigenvalue weighted by atomic mass is 16.5. The summed E-state index contributed by atoms with van der Waals surface area (Å²) in [6, 6.07) is 1.72. The van der Waals surface area contributed by atoms with E-state index in [9.17, 15) is 4.79 Å². The van der Waals surface area contributed by atoms with Gasteiger partial charge in [0.15, 0.2) is 0 Å². The molecule has 0 fully saturated rings. The lowest BCUT2D eigenvalue weighted by Gasteiger charge is -2.01. The second kappa shape index (κ2) is 6.19. The Balaban J connectivity index is 2.33. The van der Waals surface area contributed by atoms with Gasteiger partial charge in [-0.1, -0.05) is 0 Å². The molecule has 0 unspecified atom stereocenters. The minimum absolute atomic E-state index is 0.127. The van der Waals surface area contributed by atoms with Crippen molar-refractivity contribution in [1.29, 1.82) is 0 Å². The third-order valence-corrected chi connectivity index (χ3v) is 2.01. The summed E-state index contributed by atoms with van der Waals surface area (Å²) in [6.07, 6.45) is 2.61. The first kappa shape index (κ1) is 11.7. The number of ether oxygens (including phenoxy) is 1. The standard InChI is InChI=1S/C10H17N3O2/c1-3-13-7-5-9(12-13)10(14)11-6-4-8-15-2/h5,7H,3-4,6,8H2,1-2H3,(H,11,14). The molecule has 15 heavy (non-hydrogen) atoms. The number of aromatic nitrogens is 2. The first-order chi connectivity index (χ1) is 7.27. The molecule has 1 amide bonds. The number of hydrogen-bond donors (Lipinski definition) is 1. The average molecular weight is 211 g/mol. The van der Waals surface area contributed by atoms with E-state index in [-0.39, 0.29) is 5.91 Å². The Morgan fingerprint density at radius 1 is 1.67 bits per heavy atom. The smallest absolute Gasteiger partial charge is 0.271 e. The molecule has 5 nitrogen and oxygen atoms in total. The fourth-order valence-corrected chi connectivity index (χ4v) is 1.17. The summed E-state index contributed by atoms with van der Waals surface area (Å²) in [6.45, 7) is 4.03. The van der Waals surface area contributed by atoms with E-state index in [1.807, 2.05) is 6.92 Å². The SMILES string of the molecule is CCn1ccc(C(=O)NCCCOC)n1. The van der Waals surface area contributed by atoms with Gasteiger partial charge in [-0.3, -0.25) is 9.48 Å². The maximum Gasteiger partial charge on any atom is 0.271 e. The molecular formula is C10H17N3O2. The molecule has 5 heteroatoms. The lowest BCUT2D eigenvalue weighted by Crippen LogP contribution is -2.25. The minimum atomic E-state index is -0.127. The number of nitrogens with zero attached hydrogens (tertiary/aromatic N) is 2. The Bertz CT molecular complexity index is 309. The van der Waals surface area contributed by atoms with Crippen molar-refractivity contribution in [3.8, 4) is 0 Å². The van der Waals surface area contributed by atoms with Crippen LogP contribution >= 0.6 is 0 Å². The van der Waals surface area contributed by atoms with E-state index in [1.165, 1.54) is 0 Å². The van der Waals surface area contributed by atoms with Gasteiger partial charge in [-0.25, -0.2) is 0 Å². The Labute approximate surface area is 89.4 Å². The van der Waals surface area contributed by atoms with E-state index in [0.29, 0.717) is 18.8 Å². The van der Waals surface area contributed by atoms with Crippen LogP contribution in [0.1, 0.15) is 23.8 Å². The number of amides is 1. The molecule has 0 aliphatic rings. The second-order valence-electron chi connectivity index (χ2n) is 3.16. The van der Waals surface area contributed by atoms with Crippen LogP contribution in [0.25, 0.3) is 0 Å². The summed E-state index contributed by atoms with van der Waals surface area (Å²) < 4.78 is 6.61. The van der Waals surface area contributed by atoms with E-state index in [2.05, 4.69) is 10.4 Å². The summed E-state index contributed by atoms with van der Waals surface area (Å²) >= 11 is 0. The van der Waals surface area contributed by atoms with Gasteiger partial charge in [-0.05, 0) is 19.4 Å². The van der Waals surface area contributed by atoms with Crippen molar-refractivity contribution in [2.24, 2.45) is 0 Å². The molecule has 0 saturated heterocycles. The Morgan fingerprint density at radius 3 is 3.07 bits per heavy atom. The highest BCUT2D eigenvalue weighted by Crippen LogP contribution is 1.95. The molecule has 1 N–H and O–H groups in total. The van der Waals surface area contributed by atoms with Crippen molar-refractivity contribution < 1.29 is 9.53 Å². The summed E-state index contributed by atoms with van der Waals surface area (Å²) in [5.41, 5.74) is 0.467. The zero-order valence-corrected chi connectivity index (χ0v) is 9.19. The van der Waals surface area contributed by atoms with Gasteiger partial charge in [0.1, 0.15) is 5.69 Å². The Hall–Kier alpha value is -1.36. The highest BCUT2D eigenvalue weighted by molar-refractivity contribution is 5.92. The van der Waals surface area contributed by atoms with Gasteiger partial charge in [-0.2, -0.15) is 5.10 Å². The predicted octanol–water partition coefficient (Wildman–Crippen LogP) is 0.669. The lowest BCUT2D eigenvalue weighted by molar-refractivity contribution is 0.0943. The van der Waals surface area contributed by atoms with Gasteiger partial charge >= 0.3 is 0 Å². The molecule has 0 bridgehead atoms. The molecule has 1 aromatic rings. The van der Waals surface area contributed by atoms with Crippen LogP contribution in [0.5, 0.6) is 0 Å². The summed E-state index contributed by atoms with van der Waals surface area (Å²) in [4.78, 5) is 11.5. The van der Waals surface area contributed by atoms with Crippen LogP contribution in [0.3, 0.4) is 0 Å². The van der Waals surface area contributed by atoms with Gasteiger partial charge in [-0.15, -0.1) is 0 Å². The number of carbonyl (C=O) groups excluding carboxylic acids is 1. The lowest BCUT2D eigenvalue weighted by atomic mass is 10.4. The van der Waals surface area contributed by atoms with Crippen molar-refractivity contribution in [1.82, 2.24) is 15.1 Å². The van der Waals surface area contributed by atoms with Crippen molar-refractivity contribution >= 4 is 5.91 Å². The minimum Gasteiger partial charge on any atom is -0.385 e. The molecule has 1 rings (SSSR count). The van der Waals surface area contributed by atoms with Crippen LogP contribution < -0.4 is 5.32 Å². The van der Waals surface area contributed by atoms with Gasteiger partial charge in [0.2, 0.25) is 0 Å². The maximum atomic E-state index is 11.5. The predicted molar refractivity (Wildman–Crippen MR) is 56.7 cm³/mol. The summed E-state index contributed by atoms with van der Waals surface area (Å²) in [5.74, 6) is -0.127. The first-order valence-corrected chi connectivity index (χ1v) is 5.08. The number of methoxy groups -OCH3 is 1. The average Bonchev–Trinajstić information content (AvgIpc) is 2.72. The number of nitrogens with one attached hydrogen (secondary N) is 1. The van der Waals surface area contributed by atoms with E-state index in [1.54, 1.807) is 24.1 Å². The fourth-order valence-electron chi connectivity index (χ4n) is 1.17. The molecule has 84 valence electrons. The highest BCUT2D eigenvalue weighted by Gasteiger charge is 2.07. The van der Waals surface area contributed by atoms with Gasteiger partial charge < -0.3 is 10.1 Å².